The third-order valence-corrected chi connectivity index (χ3v) is 4.52. The van der Waals surface area contributed by atoms with Gasteiger partial charge in [-0.1, -0.05) is 0 Å². The lowest BCUT2D eigenvalue weighted by atomic mass is 10.0. The van der Waals surface area contributed by atoms with E-state index < -0.39 is 0 Å². The van der Waals surface area contributed by atoms with Gasteiger partial charge >= 0.3 is 0 Å². The number of carbonyl (C=O) groups excluding carboxylic acids is 1. The minimum absolute atomic E-state index is 0.0214. The first-order chi connectivity index (χ1) is 12.2. The fraction of sp³-hybridized carbons (Fsp3) is 0.333. The predicted octanol–water partition coefficient (Wildman–Crippen LogP) is 2.25. The summed E-state index contributed by atoms with van der Waals surface area (Å²) in [7, 11) is 0. The Morgan fingerprint density at radius 2 is 2.16 bits per heavy atom. The van der Waals surface area contributed by atoms with Crippen molar-refractivity contribution >= 4 is 5.91 Å². The zero-order chi connectivity index (χ0) is 17.2. The van der Waals surface area contributed by atoms with Gasteiger partial charge in [0.05, 0.1) is 17.8 Å². The third kappa shape index (κ3) is 3.17. The second-order valence-electron chi connectivity index (χ2n) is 6.40. The molecule has 7 heteroatoms. The maximum Gasteiger partial charge on any atom is 0.255 e. The molecule has 0 aromatic carbocycles. The van der Waals surface area contributed by atoms with Crippen LogP contribution in [0, 0.1) is 6.92 Å². The summed E-state index contributed by atoms with van der Waals surface area (Å²) in [6.07, 6.45) is 11.1. The molecular formula is C18H20N6O. The average molecular weight is 336 g/mol. The summed E-state index contributed by atoms with van der Waals surface area (Å²) in [5, 5.41) is 8.55. The average Bonchev–Trinajstić information content (AvgIpc) is 3.33. The van der Waals surface area contributed by atoms with Gasteiger partial charge in [-0.3, -0.25) is 9.48 Å². The van der Waals surface area contributed by atoms with Gasteiger partial charge in [0.1, 0.15) is 0 Å². The first-order valence-electron chi connectivity index (χ1n) is 8.47. The van der Waals surface area contributed by atoms with E-state index in [0.29, 0.717) is 17.9 Å². The van der Waals surface area contributed by atoms with Gasteiger partial charge in [-0.05, 0) is 43.5 Å². The fourth-order valence-corrected chi connectivity index (χ4v) is 3.22. The van der Waals surface area contributed by atoms with Crippen molar-refractivity contribution in [2.45, 2.75) is 25.8 Å². The van der Waals surface area contributed by atoms with Crippen LogP contribution in [0.25, 0.3) is 5.82 Å². The fourth-order valence-electron chi connectivity index (χ4n) is 3.22. The summed E-state index contributed by atoms with van der Waals surface area (Å²) in [4.78, 5) is 19.1. The lowest BCUT2D eigenvalue weighted by molar-refractivity contribution is 0.0672. The van der Waals surface area contributed by atoms with Gasteiger partial charge in [0.25, 0.3) is 5.91 Å². The molecule has 0 saturated carbocycles. The highest BCUT2D eigenvalue weighted by atomic mass is 16.2. The molecule has 0 radical (unpaired) electrons. The quantitative estimate of drug-likeness (QED) is 0.736. The van der Waals surface area contributed by atoms with Crippen LogP contribution < -0.4 is 0 Å². The maximum absolute atomic E-state index is 12.8. The molecule has 1 saturated heterocycles. The number of nitrogens with zero attached hydrogens (tertiary/aromatic N) is 6. The molecule has 3 aromatic heterocycles. The predicted molar refractivity (Wildman–Crippen MR) is 92.5 cm³/mol. The van der Waals surface area contributed by atoms with E-state index in [1.54, 1.807) is 17.1 Å². The molecule has 0 spiro atoms. The highest BCUT2D eigenvalue weighted by Gasteiger charge is 2.26. The summed E-state index contributed by atoms with van der Waals surface area (Å²) in [6, 6.07) is 5.71. The van der Waals surface area contributed by atoms with Crippen molar-refractivity contribution in [1.29, 1.82) is 0 Å². The van der Waals surface area contributed by atoms with E-state index in [0.717, 1.165) is 24.9 Å². The Bertz CT molecular complexity index is 852. The topological polar surface area (TPSA) is 68.8 Å². The molecule has 1 atom stereocenters. The van der Waals surface area contributed by atoms with Crippen LogP contribution >= 0.6 is 0 Å². The number of hydrogen-bond donors (Lipinski definition) is 0. The van der Waals surface area contributed by atoms with E-state index >= 15 is 0 Å². The summed E-state index contributed by atoms with van der Waals surface area (Å²) in [6.45, 7) is 3.49. The molecule has 1 aliphatic rings. The molecule has 1 aliphatic heterocycles. The molecule has 4 rings (SSSR count). The molecule has 4 heterocycles. The van der Waals surface area contributed by atoms with Crippen LogP contribution in [0.1, 0.15) is 34.8 Å². The molecule has 0 aliphatic carbocycles. The molecule has 3 aromatic rings. The van der Waals surface area contributed by atoms with Gasteiger partial charge in [-0.25, -0.2) is 9.67 Å². The molecule has 1 fully saturated rings. The second kappa shape index (κ2) is 6.51. The van der Waals surface area contributed by atoms with Crippen molar-refractivity contribution in [1.82, 2.24) is 29.4 Å². The van der Waals surface area contributed by atoms with Crippen molar-refractivity contribution in [2.24, 2.45) is 0 Å². The Kier molecular flexibility index (Phi) is 4.05. The Labute approximate surface area is 145 Å². The van der Waals surface area contributed by atoms with E-state index in [-0.39, 0.29) is 11.9 Å². The molecule has 7 nitrogen and oxygen atoms in total. The van der Waals surface area contributed by atoms with E-state index in [2.05, 4.69) is 15.2 Å². The number of aromatic nitrogens is 5. The number of rotatable bonds is 3. The Balaban J connectivity index is 1.48. The highest BCUT2D eigenvalue weighted by Crippen LogP contribution is 2.22. The zero-order valence-corrected chi connectivity index (χ0v) is 14.1. The normalized spacial score (nSPS) is 17.6. The van der Waals surface area contributed by atoms with Gasteiger partial charge in [0, 0.05) is 37.9 Å². The number of hydrogen-bond acceptors (Lipinski definition) is 4. The van der Waals surface area contributed by atoms with Crippen molar-refractivity contribution < 1.29 is 4.79 Å². The Morgan fingerprint density at radius 1 is 1.24 bits per heavy atom. The number of likely N-dealkylation sites (tertiary alicyclic amines) is 1. The Hall–Kier alpha value is -2.96. The summed E-state index contributed by atoms with van der Waals surface area (Å²) in [5.74, 6) is 0.721. The van der Waals surface area contributed by atoms with E-state index in [1.807, 2.05) is 53.3 Å². The van der Waals surface area contributed by atoms with Gasteiger partial charge in [0.15, 0.2) is 5.82 Å². The lowest BCUT2D eigenvalue weighted by Gasteiger charge is -2.32. The lowest BCUT2D eigenvalue weighted by Crippen LogP contribution is -2.40. The minimum atomic E-state index is 0.0214. The largest absolute Gasteiger partial charge is 0.336 e. The molecule has 0 unspecified atom stereocenters. The first kappa shape index (κ1) is 15.6. The van der Waals surface area contributed by atoms with Crippen LogP contribution in [-0.2, 0) is 0 Å². The molecule has 25 heavy (non-hydrogen) atoms. The molecule has 128 valence electrons. The number of piperidine rings is 1. The highest BCUT2D eigenvalue weighted by molar-refractivity contribution is 5.94. The monoisotopic (exact) mass is 336 g/mol. The van der Waals surface area contributed by atoms with Crippen LogP contribution in [0.3, 0.4) is 0 Å². The van der Waals surface area contributed by atoms with Crippen LogP contribution in [-0.4, -0.2) is 48.4 Å². The number of amides is 1. The first-order valence-corrected chi connectivity index (χ1v) is 8.47. The van der Waals surface area contributed by atoms with Crippen LogP contribution in [0.4, 0.5) is 0 Å². The van der Waals surface area contributed by atoms with E-state index in [1.165, 1.54) is 0 Å². The third-order valence-electron chi connectivity index (χ3n) is 4.52. The summed E-state index contributed by atoms with van der Waals surface area (Å²) >= 11 is 0. The van der Waals surface area contributed by atoms with Crippen LogP contribution in [0.2, 0.25) is 0 Å². The summed E-state index contributed by atoms with van der Waals surface area (Å²) < 4.78 is 3.65. The number of carbonyl (C=O) groups is 1. The van der Waals surface area contributed by atoms with Gasteiger partial charge in [-0.2, -0.15) is 10.2 Å². The number of pyridine rings is 1. The second-order valence-corrected chi connectivity index (χ2v) is 6.40. The number of aryl methyl sites for hydroxylation is 1. The molecular weight excluding hydrogens is 316 g/mol. The molecule has 0 N–H and O–H groups in total. The standard InChI is InChI=1S/C18H20N6O/c1-14-10-21-24(12-14)16-4-2-8-22(13-16)18(25)15-5-6-17(19-11-15)23-9-3-7-20-23/h3,5-7,9-12,16H,2,4,8,13H2,1H3/t16-/m1/s1. The summed E-state index contributed by atoms with van der Waals surface area (Å²) in [5.41, 5.74) is 1.75. The molecule has 1 amide bonds. The van der Waals surface area contributed by atoms with Crippen molar-refractivity contribution in [2.75, 3.05) is 13.1 Å². The van der Waals surface area contributed by atoms with Crippen molar-refractivity contribution in [3.05, 3.63) is 60.3 Å². The molecule has 0 bridgehead atoms. The Morgan fingerprint density at radius 3 is 2.84 bits per heavy atom. The van der Waals surface area contributed by atoms with Crippen molar-refractivity contribution in [3.63, 3.8) is 0 Å². The van der Waals surface area contributed by atoms with Gasteiger partial charge < -0.3 is 4.90 Å². The maximum atomic E-state index is 12.8. The zero-order valence-electron chi connectivity index (χ0n) is 14.1. The van der Waals surface area contributed by atoms with Crippen LogP contribution in [0.15, 0.2) is 49.2 Å². The smallest absolute Gasteiger partial charge is 0.255 e. The van der Waals surface area contributed by atoms with Crippen LogP contribution in [0.5, 0.6) is 0 Å². The SMILES string of the molecule is Cc1cnn([C@@H]2CCCN(C(=O)c3ccc(-n4cccn4)nc3)C2)c1. The van der Waals surface area contributed by atoms with E-state index in [9.17, 15) is 4.79 Å². The van der Waals surface area contributed by atoms with Crippen molar-refractivity contribution in [3.8, 4) is 5.82 Å². The minimum Gasteiger partial charge on any atom is -0.336 e. The van der Waals surface area contributed by atoms with E-state index in [4.69, 9.17) is 0 Å². The van der Waals surface area contributed by atoms with Gasteiger partial charge in [-0.15, -0.1) is 0 Å². The van der Waals surface area contributed by atoms with Gasteiger partial charge in [0.2, 0.25) is 0 Å².